The quantitative estimate of drug-likeness (QED) is 0.730. The van der Waals surface area contributed by atoms with Gasteiger partial charge in [-0.1, -0.05) is 39.0 Å². The number of rotatable bonds is 1. The molecule has 6 heteroatoms. The molecule has 0 saturated heterocycles. The smallest absolute Gasteiger partial charge is 0.251 e. The van der Waals surface area contributed by atoms with E-state index in [1.54, 1.807) is 5.01 Å². The topological polar surface area (TPSA) is 48.4 Å². The number of hydrogen-bond acceptors (Lipinski definition) is 5. The van der Waals surface area contributed by atoms with Crippen LogP contribution in [0.2, 0.25) is 0 Å². The van der Waals surface area contributed by atoms with Gasteiger partial charge in [0.15, 0.2) is 0 Å². The molecule has 1 amide bonds. The normalized spacial score (nSPS) is 16.0. The highest BCUT2D eigenvalue weighted by atomic mass is 16.9. The van der Waals surface area contributed by atoms with E-state index in [2.05, 4.69) is 38.9 Å². The largest absolute Gasteiger partial charge is 0.272 e. The van der Waals surface area contributed by atoms with Crippen molar-refractivity contribution in [1.29, 1.82) is 0 Å². The van der Waals surface area contributed by atoms with Gasteiger partial charge in [0.25, 0.3) is 5.91 Å². The minimum absolute atomic E-state index is 0.0623. The van der Waals surface area contributed by atoms with Gasteiger partial charge >= 0.3 is 0 Å². The number of hydrazine groups is 2. The molecule has 0 bridgehead atoms. The van der Waals surface area contributed by atoms with E-state index < -0.39 is 5.41 Å². The maximum Gasteiger partial charge on any atom is 0.251 e. The first-order chi connectivity index (χ1) is 13.1. The van der Waals surface area contributed by atoms with Gasteiger partial charge in [-0.2, -0.15) is 10.0 Å². The van der Waals surface area contributed by atoms with Crippen molar-refractivity contribution in [3.63, 3.8) is 0 Å². The Kier molecular flexibility index (Phi) is 4.01. The van der Waals surface area contributed by atoms with Crippen LogP contribution in [0.5, 0.6) is 0 Å². The third kappa shape index (κ3) is 2.52. The molecule has 2 heterocycles. The van der Waals surface area contributed by atoms with Crippen LogP contribution in [0.25, 0.3) is 0 Å². The maximum atomic E-state index is 13.2. The van der Waals surface area contributed by atoms with Gasteiger partial charge in [-0.15, -0.1) is 0 Å². The van der Waals surface area contributed by atoms with Crippen LogP contribution < -0.4 is 10.0 Å². The lowest BCUT2D eigenvalue weighted by atomic mass is 9.93. The summed E-state index contributed by atoms with van der Waals surface area (Å²) in [5.41, 5.74) is 6.85. The number of fused-ring (bicyclic) bond motifs is 3. The highest BCUT2D eigenvalue weighted by molar-refractivity contribution is 6.16. The summed E-state index contributed by atoms with van der Waals surface area (Å²) in [4.78, 5) is 18.9. The fraction of sp³-hybridized carbons (Fsp3) is 0.364. The van der Waals surface area contributed by atoms with Crippen molar-refractivity contribution in [2.24, 2.45) is 10.6 Å². The fourth-order valence-corrected chi connectivity index (χ4v) is 3.69. The minimum Gasteiger partial charge on any atom is -0.272 e. The standard InChI is InChI=1S/C22H26N4O2/c1-13-12-14(2)16(4)19(15(13)3)20-23-28-26-24(20)17-10-8-9-11-18(17)25(26)21(27)22(5,6)7/h8-12H,1-7H3. The molecule has 2 aromatic rings. The van der Waals surface area contributed by atoms with Crippen molar-refractivity contribution in [1.82, 2.24) is 5.28 Å². The lowest BCUT2D eigenvalue weighted by Crippen LogP contribution is -2.52. The van der Waals surface area contributed by atoms with Crippen molar-refractivity contribution in [3.05, 3.63) is 58.1 Å². The first kappa shape index (κ1) is 18.5. The summed E-state index contributed by atoms with van der Waals surface area (Å²) in [6.07, 6.45) is 0. The Bertz CT molecular complexity index is 994. The highest BCUT2D eigenvalue weighted by Gasteiger charge is 2.49. The highest BCUT2D eigenvalue weighted by Crippen LogP contribution is 2.44. The van der Waals surface area contributed by atoms with E-state index >= 15 is 0 Å². The van der Waals surface area contributed by atoms with Crippen molar-refractivity contribution < 1.29 is 9.73 Å². The Morgan fingerprint density at radius 1 is 0.964 bits per heavy atom. The molecule has 0 aromatic heterocycles. The Hall–Kier alpha value is -2.86. The van der Waals surface area contributed by atoms with Crippen LogP contribution in [0, 0.1) is 33.1 Å². The van der Waals surface area contributed by atoms with Crippen LogP contribution in [-0.2, 0) is 9.73 Å². The third-order valence-corrected chi connectivity index (χ3v) is 5.50. The number of anilines is 2. The van der Waals surface area contributed by atoms with E-state index in [1.165, 1.54) is 16.4 Å². The average Bonchev–Trinajstić information content (AvgIpc) is 3.17. The molecule has 6 nitrogen and oxygen atoms in total. The van der Waals surface area contributed by atoms with Gasteiger partial charge in [-0.05, 0) is 67.2 Å². The first-order valence-electron chi connectivity index (χ1n) is 9.49. The molecule has 2 aliphatic rings. The van der Waals surface area contributed by atoms with Crippen LogP contribution in [0.15, 0.2) is 35.5 Å². The zero-order chi connectivity index (χ0) is 20.4. The summed E-state index contributed by atoms with van der Waals surface area (Å²) in [7, 11) is 0. The molecule has 0 atom stereocenters. The average molecular weight is 378 g/mol. The first-order valence-corrected chi connectivity index (χ1v) is 9.49. The number of carbonyl (C=O) groups excluding carboxylic acids is 1. The van der Waals surface area contributed by atoms with E-state index in [0.29, 0.717) is 5.84 Å². The molecule has 0 spiro atoms. The fourth-order valence-electron chi connectivity index (χ4n) is 3.69. The molecule has 0 fully saturated rings. The molecule has 0 saturated carbocycles. The summed E-state index contributed by atoms with van der Waals surface area (Å²) in [6, 6.07) is 9.99. The van der Waals surface area contributed by atoms with Crippen molar-refractivity contribution in [2.75, 3.05) is 10.0 Å². The Morgan fingerprint density at radius 2 is 1.54 bits per heavy atom. The molecule has 0 aliphatic carbocycles. The summed E-state index contributed by atoms with van der Waals surface area (Å²) < 4.78 is 0. The molecular weight excluding hydrogens is 352 g/mol. The Labute approximate surface area is 165 Å². The van der Waals surface area contributed by atoms with Gasteiger partial charge in [0.2, 0.25) is 5.84 Å². The van der Waals surface area contributed by atoms with Gasteiger partial charge in [-0.25, -0.2) is 0 Å². The Morgan fingerprint density at radius 3 is 2.11 bits per heavy atom. The molecule has 2 aromatic carbocycles. The van der Waals surface area contributed by atoms with E-state index in [-0.39, 0.29) is 5.91 Å². The number of oxime groups is 1. The molecular formula is C22H26N4O2. The third-order valence-electron chi connectivity index (χ3n) is 5.50. The van der Waals surface area contributed by atoms with E-state index in [0.717, 1.165) is 28.1 Å². The van der Waals surface area contributed by atoms with E-state index in [1.807, 2.05) is 50.0 Å². The molecule has 4 rings (SSSR count). The molecule has 28 heavy (non-hydrogen) atoms. The number of benzene rings is 2. The van der Waals surface area contributed by atoms with Crippen LogP contribution in [0.3, 0.4) is 0 Å². The number of amidine groups is 1. The monoisotopic (exact) mass is 378 g/mol. The SMILES string of the molecule is Cc1cc(C)c(C)c(C2=NON3N(C(=O)C(C)(C)C)c4ccccc4N23)c1C. The van der Waals surface area contributed by atoms with Crippen LogP contribution >= 0.6 is 0 Å². The summed E-state index contributed by atoms with van der Waals surface area (Å²) in [6.45, 7) is 14.1. The van der Waals surface area contributed by atoms with Crippen LogP contribution in [0.4, 0.5) is 11.4 Å². The lowest BCUT2D eigenvalue weighted by molar-refractivity contribution is -0.163. The van der Waals surface area contributed by atoms with Gasteiger partial charge in [0, 0.05) is 11.0 Å². The van der Waals surface area contributed by atoms with Crippen LogP contribution in [-0.4, -0.2) is 17.0 Å². The number of nitrogens with zero attached hydrogens (tertiary/aromatic N) is 4. The van der Waals surface area contributed by atoms with E-state index in [9.17, 15) is 4.79 Å². The molecule has 0 radical (unpaired) electrons. The zero-order valence-corrected chi connectivity index (χ0v) is 17.5. The van der Waals surface area contributed by atoms with Crippen molar-refractivity contribution in [3.8, 4) is 0 Å². The van der Waals surface area contributed by atoms with Gasteiger partial charge in [0.05, 0.1) is 16.7 Å². The Balaban J connectivity index is 1.88. The lowest BCUT2D eigenvalue weighted by Gasteiger charge is -2.29. The minimum atomic E-state index is -0.568. The molecule has 146 valence electrons. The molecule has 0 unspecified atom stereocenters. The molecule has 2 aliphatic heterocycles. The summed E-state index contributed by atoms with van der Waals surface area (Å²) >= 11 is 0. The predicted molar refractivity (Wildman–Crippen MR) is 111 cm³/mol. The maximum absolute atomic E-state index is 13.2. The summed E-state index contributed by atoms with van der Waals surface area (Å²) in [5.74, 6) is 0.631. The van der Waals surface area contributed by atoms with Crippen molar-refractivity contribution >= 4 is 23.1 Å². The van der Waals surface area contributed by atoms with E-state index in [4.69, 9.17) is 4.94 Å². The van der Waals surface area contributed by atoms with Gasteiger partial charge in [0.1, 0.15) is 0 Å². The second-order valence-electron chi connectivity index (χ2n) is 8.55. The van der Waals surface area contributed by atoms with Crippen molar-refractivity contribution in [2.45, 2.75) is 48.5 Å². The molecule has 0 N–H and O–H groups in total. The second kappa shape index (κ2) is 6.07. The van der Waals surface area contributed by atoms with Gasteiger partial charge in [-0.3, -0.25) is 9.73 Å². The number of amides is 1. The number of aryl methyl sites for hydroxylation is 2. The predicted octanol–water partition coefficient (Wildman–Crippen LogP) is 4.56. The number of hydrogen-bond donors (Lipinski definition) is 0. The number of carbonyl (C=O) groups is 1. The van der Waals surface area contributed by atoms with Gasteiger partial charge < -0.3 is 0 Å². The summed E-state index contributed by atoms with van der Waals surface area (Å²) in [5, 5.41) is 9.30. The van der Waals surface area contributed by atoms with Crippen LogP contribution in [0.1, 0.15) is 48.6 Å². The number of para-hydroxylation sites is 2. The second-order valence-corrected chi connectivity index (χ2v) is 8.55. The zero-order valence-electron chi connectivity index (χ0n) is 17.5.